The number of fused-ring (bicyclic) bond motifs is 5. The van der Waals surface area contributed by atoms with Crippen LogP contribution in [-0.2, 0) is 24.7 Å². The number of aromatic nitrogens is 4. The van der Waals surface area contributed by atoms with Gasteiger partial charge >= 0.3 is 0 Å². The minimum absolute atomic E-state index is 0.00156. The summed E-state index contributed by atoms with van der Waals surface area (Å²) >= 11 is 0. The molecule has 10 nitrogen and oxygen atoms in total. The van der Waals surface area contributed by atoms with Gasteiger partial charge in [-0.2, -0.15) is 5.26 Å². The SMILES string of the molecule is CN(C)C(=O)CCc1nc2c(-c3ccc(=O)n(C)c3)nc3c(F)c(-c4cc(O)cc5ccccc45)c(CCC#N)cc3c2n1C1C2CNC1C2. The topological polar surface area (TPSA) is 129 Å². The smallest absolute Gasteiger partial charge is 0.250 e. The van der Waals surface area contributed by atoms with Crippen LogP contribution < -0.4 is 10.9 Å². The van der Waals surface area contributed by atoms with Crippen LogP contribution in [0.4, 0.5) is 4.39 Å². The molecule has 3 aromatic heterocycles. The van der Waals surface area contributed by atoms with Crippen molar-refractivity contribution in [3.63, 3.8) is 0 Å². The molecule has 2 saturated heterocycles. The summed E-state index contributed by atoms with van der Waals surface area (Å²) in [4.78, 5) is 37.0. The number of rotatable bonds is 8. The number of aryl methyl sites for hydroxylation is 3. The van der Waals surface area contributed by atoms with Crippen molar-refractivity contribution in [2.75, 3.05) is 20.6 Å². The Balaban J connectivity index is 1.50. The number of nitrogens with one attached hydrogen (secondary N) is 1. The number of nitriles is 1. The van der Waals surface area contributed by atoms with E-state index in [1.807, 2.05) is 30.3 Å². The van der Waals surface area contributed by atoms with Gasteiger partial charge in [-0.15, -0.1) is 0 Å². The molecule has 2 N–H and O–H groups in total. The maximum absolute atomic E-state index is 17.6. The minimum atomic E-state index is -0.564. The molecule has 3 fully saturated rings. The highest BCUT2D eigenvalue weighted by molar-refractivity contribution is 6.11. The van der Waals surface area contributed by atoms with Crippen LogP contribution in [0.1, 0.15) is 36.7 Å². The number of amides is 1. The predicted molar refractivity (Wildman–Crippen MR) is 190 cm³/mol. The Morgan fingerprint density at radius 2 is 1.92 bits per heavy atom. The lowest BCUT2D eigenvalue weighted by Crippen LogP contribution is -2.39. The van der Waals surface area contributed by atoms with E-state index >= 15 is 4.39 Å². The van der Waals surface area contributed by atoms with E-state index in [0.717, 1.165) is 35.1 Å². The van der Waals surface area contributed by atoms with E-state index in [1.54, 1.807) is 50.4 Å². The summed E-state index contributed by atoms with van der Waals surface area (Å²) in [5, 5.41) is 26.1. The van der Waals surface area contributed by atoms with Crippen molar-refractivity contribution in [2.45, 2.75) is 44.2 Å². The maximum Gasteiger partial charge on any atom is 0.250 e. The van der Waals surface area contributed by atoms with Crippen molar-refractivity contribution in [2.24, 2.45) is 13.0 Å². The molecule has 0 spiro atoms. The zero-order chi connectivity index (χ0) is 34.8. The molecule has 6 aromatic rings. The molecule has 0 radical (unpaired) electrons. The molecule has 1 aliphatic carbocycles. The summed E-state index contributed by atoms with van der Waals surface area (Å²) in [5.74, 6) is 0.492. The first-order valence-electron chi connectivity index (χ1n) is 16.9. The first-order valence-corrected chi connectivity index (χ1v) is 16.9. The van der Waals surface area contributed by atoms with Gasteiger partial charge in [0.25, 0.3) is 0 Å². The highest BCUT2D eigenvalue weighted by atomic mass is 19.1. The van der Waals surface area contributed by atoms with Crippen molar-refractivity contribution < 1.29 is 14.3 Å². The molecular weight excluding hydrogens is 633 g/mol. The van der Waals surface area contributed by atoms with Gasteiger partial charge in [0.1, 0.15) is 28.3 Å². The lowest BCUT2D eigenvalue weighted by atomic mass is 9.79. The number of nitrogens with zero attached hydrogens (tertiary/aromatic N) is 6. The maximum atomic E-state index is 17.6. The first kappa shape index (κ1) is 31.7. The number of phenols is 1. The molecule has 1 saturated carbocycles. The summed E-state index contributed by atoms with van der Waals surface area (Å²) in [6, 6.07) is 18.3. The third kappa shape index (κ3) is 5.01. The van der Waals surface area contributed by atoms with E-state index in [9.17, 15) is 20.0 Å². The van der Waals surface area contributed by atoms with Crippen LogP contribution in [0.5, 0.6) is 5.75 Å². The number of pyridine rings is 2. The fraction of sp³-hybridized carbons (Fsp3) is 0.308. The van der Waals surface area contributed by atoms with Crippen LogP contribution in [0.3, 0.4) is 0 Å². The van der Waals surface area contributed by atoms with E-state index < -0.39 is 5.82 Å². The zero-order valence-electron chi connectivity index (χ0n) is 28.1. The fourth-order valence-electron chi connectivity index (χ4n) is 7.94. The predicted octanol–water partition coefficient (Wildman–Crippen LogP) is 5.62. The molecule has 2 aliphatic heterocycles. The second-order valence-corrected chi connectivity index (χ2v) is 13.7. The van der Waals surface area contributed by atoms with E-state index in [4.69, 9.17) is 9.97 Å². The van der Waals surface area contributed by atoms with E-state index in [0.29, 0.717) is 45.6 Å². The highest BCUT2D eigenvalue weighted by Crippen LogP contribution is 2.48. The third-order valence-corrected chi connectivity index (χ3v) is 10.4. The molecule has 3 aliphatic rings. The van der Waals surface area contributed by atoms with Crippen molar-refractivity contribution >= 4 is 38.6 Å². The Bertz CT molecular complexity index is 2460. The van der Waals surface area contributed by atoms with Gasteiger partial charge in [-0.1, -0.05) is 24.3 Å². The van der Waals surface area contributed by atoms with Gasteiger partial charge in [0.15, 0.2) is 5.82 Å². The molecular formula is C39H36FN7O3. The Kier molecular flexibility index (Phi) is 7.64. The van der Waals surface area contributed by atoms with Crippen molar-refractivity contribution in [1.82, 2.24) is 29.3 Å². The molecule has 2 bridgehead atoms. The summed E-state index contributed by atoms with van der Waals surface area (Å²) in [5.41, 5.74) is 3.67. The fourth-order valence-corrected chi connectivity index (χ4v) is 7.94. The molecule has 3 unspecified atom stereocenters. The normalized spacial score (nSPS) is 18.1. The van der Waals surface area contributed by atoms with Gasteiger partial charge < -0.3 is 24.5 Å². The monoisotopic (exact) mass is 669 g/mol. The number of hydrogen-bond acceptors (Lipinski definition) is 7. The van der Waals surface area contributed by atoms with Gasteiger partial charge in [0.05, 0.1) is 17.6 Å². The van der Waals surface area contributed by atoms with Gasteiger partial charge in [-0.3, -0.25) is 9.59 Å². The van der Waals surface area contributed by atoms with Crippen LogP contribution in [0.15, 0.2) is 65.6 Å². The lowest BCUT2D eigenvalue weighted by Gasteiger charge is -2.37. The molecule has 9 rings (SSSR count). The Labute approximate surface area is 287 Å². The number of carbonyl (C=O) groups excluding carboxylic acids is 1. The van der Waals surface area contributed by atoms with Gasteiger partial charge in [-0.25, -0.2) is 14.4 Å². The highest BCUT2D eigenvalue weighted by Gasteiger charge is 2.49. The van der Waals surface area contributed by atoms with Gasteiger partial charge in [0.2, 0.25) is 11.5 Å². The van der Waals surface area contributed by atoms with Crippen LogP contribution in [0, 0.1) is 23.1 Å². The van der Waals surface area contributed by atoms with Gasteiger partial charge in [-0.05, 0) is 64.9 Å². The number of aromatic hydroxyl groups is 1. The van der Waals surface area contributed by atoms with Crippen LogP contribution in [0.25, 0.3) is 55.1 Å². The van der Waals surface area contributed by atoms with Crippen molar-refractivity contribution in [1.29, 1.82) is 5.26 Å². The van der Waals surface area contributed by atoms with Crippen molar-refractivity contribution in [3.05, 3.63) is 88.4 Å². The van der Waals surface area contributed by atoms with Gasteiger partial charge in [0, 0.05) is 81.8 Å². The van der Waals surface area contributed by atoms with Crippen LogP contribution >= 0.6 is 0 Å². The van der Waals surface area contributed by atoms with E-state index in [-0.39, 0.29) is 59.6 Å². The largest absolute Gasteiger partial charge is 0.508 e. The Morgan fingerprint density at radius 3 is 2.64 bits per heavy atom. The molecule has 3 atom stereocenters. The average molecular weight is 670 g/mol. The molecule has 50 heavy (non-hydrogen) atoms. The Hall–Kier alpha value is -5.60. The second-order valence-electron chi connectivity index (χ2n) is 13.7. The zero-order valence-corrected chi connectivity index (χ0v) is 28.1. The first-order chi connectivity index (χ1) is 24.1. The van der Waals surface area contributed by atoms with E-state index in [2.05, 4.69) is 16.0 Å². The molecule has 3 aromatic carbocycles. The second kappa shape index (κ2) is 12.1. The van der Waals surface area contributed by atoms with Crippen LogP contribution in [-0.4, -0.2) is 61.7 Å². The third-order valence-electron chi connectivity index (χ3n) is 10.4. The van der Waals surface area contributed by atoms with Crippen LogP contribution in [0.2, 0.25) is 0 Å². The number of imidazole rings is 1. The molecule has 11 heteroatoms. The van der Waals surface area contributed by atoms with Crippen molar-refractivity contribution in [3.8, 4) is 34.2 Å². The molecule has 252 valence electrons. The summed E-state index contributed by atoms with van der Waals surface area (Å²) in [6.45, 7) is 0.859. The average Bonchev–Trinajstić information content (AvgIpc) is 3.84. The number of hydrogen-bond donors (Lipinski definition) is 2. The molecule has 5 heterocycles. The standard InChI is InChI=1S/C39H36FN7O3/c1-45(2)31(49)13-11-30-43-37-35(23-10-12-32(50)46(3)20-23)44-36-28(39(37)47(30)38-24-17-29(38)42-19-24)16-22(8-6-14-41)33(34(36)40)27-18-25(48)15-21-7-4-5-9-26(21)27/h4-5,7,9-10,12,15-16,18,20,24,29,38,42,48H,6,8,11,13,17,19H2,1-3H3. The summed E-state index contributed by atoms with van der Waals surface area (Å²) < 4.78 is 21.3. The number of carbonyl (C=O) groups is 1. The lowest BCUT2D eigenvalue weighted by molar-refractivity contribution is -0.128. The molecule has 1 amide bonds. The summed E-state index contributed by atoms with van der Waals surface area (Å²) in [6.07, 6.45) is 3.78. The minimum Gasteiger partial charge on any atom is -0.508 e. The number of benzene rings is 3. The van der Waals surface area contributed by atoms with E-state index in [1.165, 1.54) is 10.6 Å². The quantitative estimate of drug-likeness (QED) is 0.215. The summed E-state index contributed by atoms with van der Waals surface area (Å²) in [7, 11) is 5.12. The number of phenolic OH excluding ortho intramolecular Hbond substituents is 1. The Morgan fingerprint density at radius 1 is 1.10 bits per heavy atom. The number of halogens is 1.